The van der Waals surface area contributed by atoms with Crippen LogP contribution < -0.4 is 10.6 Å². The average molecular weight is 387 g/mol. The van der Waals surface area contributed by atoms with Crippen LogP contribution in [0.5, 0.6) is 0 Å². The van der Waals surface area contributed by atoms with Gasteiger partial charge in [0.2, 0.25) is 5.91 Å². The van der Waals surface area contributed by atoms with Crippen LogP contribution in [0.1, 0.15) is 25.5 Å². The molecule has 4 rings (SSSR count). The van der Waals surface area contributed by atoms with Crippen LogP contribution in [0.25, 0.3) is 17.2 Å². The van der Waals surface area contributed by atoms with Crippen molar-refractivity contribution in [2.45, 2.75) is 19.8 Å². The number of rotatable bonds is 4. The van der Waals surface area contributed by atoms with Crippen molar-refractivity contribution in [3.05, 3.63) is 36.5 Å². The molecule has 0 aliphatic carbocycles. The summed E-state index contributed by atoms with van der Waals surface area (Å²) in [7, 11) is 0. The fourth-order valence-electron chi connectivity index (χ4n) is 3.48. The van der Waals surface area contributed by atoms with Crippen LogP contribution in [0.15, 0.2) is 30.9 Å². The van der Waals surface area contributed by atoms with Gasteiger partial charge in [-0.15, -0.1) is 0 Å². The average Bonchev–Trinajstić information content (AvgIpc) is 3.11. The summed E-state index contributed by atoms with van der Waals surface area (Å²) < 4.78 is 27.5. The van der Waals surface area contributed by atoms with Gasteiger partial charge in [-0.3, -0.25) is 9.20 Å². The Balaban J connectivity index is 1.69. The number of amides is 1. The van der Waals surface area contributed by atoms with E-state index in [9.17, 15) is 13.6 Å². The van der Waals surface area contributed by atoms with Gasteiger partial charge in [0.15, 0.2) is 11.5 Å². The van der Waals surface area contributed by atoms with Crippen LogP contribution in [-0.4, -0.2) is 43.3 Å². The van der Waals surface area contributed by atoms with Crippen LogP contribution >= 0.6 is 0 Å². The summed E-state index contributed by atoms with van der Waals surface area (Å²) in [5.41, 5.74) is 6.09. The largest absolute Gasteiger partial charge is 0.369 e. The van der Waals surface area contributed by atoms with Gasteiger partial charge in [0.05, 0.1) is 18.3 Å². The van der Waals surface area contributed by atoms with Gasteiger partial charge in [-0.05, 0) is 18.4 Å². The lowest BCUT2D eigenvalue weighted by Gasteiger charge is -2.36. The second kappa shape index (κ2) is 7.10. The molecule has 0 aromatic carbocycles. The molecule has 3 aromatic rings. The first kappa shape index (κ1) is 18.2. The molecular weight excluding hydrogens is 368 g/mol. The molecule has 1 aliphatic heterocycles. The third kappa shape index (κ3) is 3.25. The Morgan fingerprint density at radius 2 is 2.11 bits per heavy atom. The number of hydrogen-bond donors (Lipinski definition) is 1. The van der Waals surface area contributed by atoms with Gasteiger partial charge in [0.1, 0.15) is 17.2 Å². The molecule has 2 atom stereocenters. The minimum Gasteiger partial charge on any atom is -0.369 e. The number of carbonyl (C=O) groups is 1. The topological polar surface area (TPSA) is 102 Å². The van der Waals surface area contributed by atoms with Crippen molar-refractivity contribution in [2.75, 3.05) is 18.0 Å². The van der Waals surface area contributed by atoms with Crippen LogP contribution in [0.4, 0.5) is 14.6 Å². The van der Waals surface area contributed by atoms with Crippen LogP contribution in [0, 0.1) is 11.8 Å². The summed E-state index contributed by atoms with van der Waals surface area (Å²) in [5, 5.41) is 0. The maximum absolute atomic E-state index is 13.0. The summed E-state index contributed by atoms with van der Waals surface area (Å²) >= 11 is 0. The number of nitrogens with zero attached hydrogens (tertiary/aromatic N) is 6. The van der Waals surface area contributed by atoms with Crippen LogP contribution in [0.3, 0.4) is 0 Å². The molecule has 2 unspecified atom stereocenters. The maximum atomic E-state index is 13.0. The van der Waals surface area contributed by atoms with E-state index < -0.39 is 6.43 Å². The predicted octanol–water partition coefficient (Wildman–Crippen LogP) is 2.07. The number of alkyl halides is 2. The van der Waals surface area contributed by atoms with E-state index >= 15 is 0 Å². The highest BCUT2D eigenvalue weighted by Crippen LogP contribution is 2.27. The van der Waals surface area contributed by atoms with E-state index in [1.165, 1.54) is 23.0 Å². The lowest BCUT2D eigenvalue weighted by Crippen LogP contribution is -2.45. The zero-order chi connectivity index (χ0) is 19.8. The highest BCUT2D eigenvalue weighted by atomic mass is 19.3. The quantitative estimate of drug-likeness (QED) is 0.735. The van der Waals surface area contributed by atoms with Gasteiger partial charge in [-0.2, -0.15) is 0 Å². The van der Waals surface area contributed by atoms with E-state index in [-0.39, 0.29) is 23.4 Å². The molecule has 10 heteroatoms. The van der Waals surface area contributed by atoms with E-state index in [0.717, 1.165) is 13.0 Å². The Kier molecular flexibility index (Phi) is 4.62. The first-order valence-electron chi connectivity index (χ1n) is 8.93. The van der Waals surface area contributed by atoms with Gasteiger partial charge < -0.3 is 10.6 Å². The number of nitrogens with two attached hydrogens (primary N) is 1. The first-order chi connectivity index (χ1) is 13.4. The molecule has 0 saturated carbocycles. The monoisotopic (exact) mass is 387 g/mol. The van der Waals surface area contributed by atoms with Gasteiger partial charge >= 0.3 is 0 Å². The Hall–Kier alpha value is -3.17. The molecule has 4 heterocycles. The van der Waals surface area contributed by atoms with Gasteiger partial charge in [-0.1, -0.05) is 6.92 Å². The third-order valence-corrected chi connectivity index (χ3v) is 5.16. The molecule has 1 saturated heterocycles. The van der Waals surface area contributed by atoms with E-state index in [4.69, 9.17) is 5.73 Å². The summed E-state index contributed by atoms with van der Waals surface area (Å²) in [5.74, 6) is 0.656. The van der Waals surface area contributed by atoms with Crippen LogP contribution in [0.2, 0.25) is 0 Å². The number of halogens is 2. The van der Waals surface area contributed by atoms with E-state index in [0.29, 0.717) is 29.5 Å². The number of carbonyl (C=O) groups excluding carboxylic acids is 1. The Labute approximate surface area is 159 Å². The molecule has 8 nitrogen and oxygen atoms in total. The molecule has 1 amide bonds. The molecular formula is C18H19F2N7O. The normalized spacial score (nSPS) is 20.1. The van der Waals surface area contributed by atoms with Crippen molar-refractivity contribution in [1.82, 2.24) is 24.3 Å². The lowest BCUT2D eigenvalue weighted by molar-refractivity contribution is -0.123. The van der Waals surface area contributed by atoms with E-state index in [1.54, 1.807) is 12.3 Å². The minimum atomic E-state index is -2.69. The second-order valence-corrected chi connectivity index (χ2v) is 6.94. The standard InChI is InChI=1S/C18H19F2N7O/c1-10-3-5-26(8-11(10)17(21)28)14-2-4-22-18(25-14)13-6-24-15-7-23-12(16(19)20)9-27(13)15/h2,4,6-7,9-11,16H,3,5,8H2,1H3,(H2,21,28). The fraction of sp³-hybridized carbons (Fsp3) is 0.389. The first-order valence-corrected chi connectivity index (χ1v) is 8.93. The maximum Gasteiger partial charge on any atom is 0.281 e. The summed E-state index contributed by atoms with van der Waals surface area (Å²) in [4.78, 5) is 30.5. The SMILES string of the molecule is CC1CCN(c2ccnc(-c3cnc4cnc(C(F)F)cn34)n2)CC1C(N)=O. The van der Waals surface area contributed by atoms with Gasteiger partial charge in [0.25, 0.3) is 6.43 Å². The van der Waals surface area contributed by atoms with Gasteiger partial charge in [0, 0.05) is 25.5 Å². The van der Waals surface area contributed by atoms with Crippen molar-refractivity contribution < 1.29 is 13.6 Å². The van der Waals surface area contributed by atoms with E-state index in [1.807, 2.05) is 11.8 Å². The van der Waals surface area contributed by atoms with Crippen molar-refractivity contribution in [3.63, 3.8) is 0 Å². The summed E-state index contributed by atoms with van der Waals surface area (Å²) in [6.07, 6.45) is 3.79. The number of anilines is 1. The highest BCUT2D eigenvalue weighted by Gasteiger charge is 2.31. The number of piperidine rings is 1. The van der Waals surface area contributed by atoms with Crippen LogP contribution in [-0.2, 0) is 4.79 Å². The number of hydrogen-bond acceptors (Lipinski definition) is 6. The molecule has 28 heavy (non-hydrogen) atoms. The molecule has 0 spiro atoms. The molecule has 0 bridgehead atoms. The number of fused-ring (bicyclic) bond motifs is 1. The Bertz CT molecular complexity index is 1020. The number of aromatic nitrogens is 5. The minimum absolute atomic E-state index is 0.217. The fourth-order valence-corrected chi connectivity index (χ4v) is 3.48. The molecule has 1 aliphatic rings. The second-order valence-electron chi connectivity index (χ2n) is 6.94. The Morgan fingerprint density at radius 1 is 1.29 bits per heavy atom. The zero-order valence-corrected chi connectivity index (χ0v) is 15.2. The van der Waals surface area contributed by atoms with Crippen molar-refractivity contribution in [3.8, 4) is 11.5 Å². The molecule has 1 fully saturated rings. The molecule has 0 radical (unpaired) electrons. The molecule has 2 N–H and O–H groups in total. The van der Waals surface area contributed by atoms with Gasteiger partial charge in [-0.25, -0.2) is 28.7 Å². The summed E-state index contributed by atoms with van der Waals surface area (Å²) in [6, 6.07) is 1.76. The van der Waals surface area contributed by atoms with Crippen molar-refractivity contribution in [2.24, 2.45) is 17.6 Å². The lowest BCUT2D eigenvalue weighted by atomic mass is 9.86. The summed E-state index contributed by atoms with van der Waals surface area (Å²) in [6.45, 7) is 3.25. The number of imidazole rings is 1. The van der Waals surface area contributed by atoms with E-state index in [2.05, 4.69) is 19.9 Å². The predicted molar refractivity (Wildman–Crippen MR) is 97.6 cm³/mol. The number of primary amides is 1. The smallest absolute Gasteiger partial charge is 0.281 e. The molecule has 146 valence electrons. The Morgan fingerprint density at radius 3 is 2.86 bits per heavy atom. The highest BCUT2D eigenvalue weighted by molar-refractivity contribution is 5.78. The third-order valence-electron chi connectivity index (χ3n) is 5.16. The molecule has 3 aromatic heterocycles. The van der Waals surface area contributed by atoms with Crippen molar-refractivity contribution in [1.29, 1.82) is 0 Å². The van der Waals surface area contributed by atoms with Crippen molar-refractivity contribution >= 4 is 17.4 Å². The zero-order valence-electron chi connectivity index (χ0n) is 15.2.